The van der Waals surface area contributed by atoms with Crippen molar-refractivity contribution >= 4 is 23.1 Å². The van der Waals surface area contributed by atoms with Gasteiger partial charge < -0.3 is 0 Å². The molecule has 0 radical (unpaired) electrons. The Morgan fingerprint density at radius 3 is 2.41 bits per heavy atom. The van der Waals surface area contributed by atoms with Gasteiger partial charge in [0.2, 0.25) is 0 Å². The van der Waals surface area contributed by atoms with Gasteiger partial charge in [-0.05, 0) is 102 Å². The van der Waals surface area contributed by atoms with Gasteiger partial charge in [0, 0.05) is 5.56 Å². The largest absolute Gasteiger partial charge is 0.206 e. The van der Waals surface area contributed by atoms with Gasteiger partial charge >= 0.3 is 0 Å². The van der Waals surface area contributed by atoms with Gasteiger partial charge in [-0.25, -0.2) is 17.6 Å². The Labute approximate surface area is 220 Å². The molecule has 0 saturated carbocycles. The summed E-state index contributed by atoms with van der Waals surface area (Å²) >= 11 is 4.43. The third-order valence-corrected chi connectivity index (χ3v) is 7.07. The number of benzene rings is 3. The van der Waals surface area contributed by atoms with E-state index in [9.17, 15) is 13.2 Å². The van der Waals surface area contributed by atoms with E-state index in [2.05, 4.69) is 36.0 Å². The van der Waals surface area contributed by atoms with Crippen molar-refractivity contribution in [3.63, 3.8) is 0 Å². The van der Waals surface area contributed by atoms with Gasteiger partial charge in [-0.3, -0.25) is 0 Å². The van der Waals surface area contributed by atoms with Gasteiger partial charge in [-0.1, -0.05) is 50.5 Å². The average molecular weight is 522 g/mol. The Morgan fingerprint density at radius 1 is 0.973 bits per heavy atom. The minimum atomic E-state index is -0.846. The third kappa shape index (κ3) is 6.01. The first-order valence-electron chi connectivity index (χ1n) is 12.5. The summed E-state index contributed by atoms with van der Waals surface area (Å²) in [4.78, 5) is 3.43. The van der Waals surface area contributed by atoms with Crippen molar-refractivity contribution in [3.05, 3.63) is 87.5 Å². The number of isothiocyanates is 1. The lowest BCUT2D eigenvalue weighted by Gasteiger charge is -2.25. The molecule has 4 rings (SSSR count). The highest BCUT2D eigenvalue weighted by molar-refractivity contribution is 7.78. The lowest BCUT2D eigenvalue weighted by Crippen LogP contribution is -2.17. The molecule has 0 amide bonds. The van der Waals surface area contributed by atoms with E-state index in [1.807, 2.05) is 5.16 Å². The Bertz CT molecular complexity index is 1420. The Hall–Kier alpha value is -3.26. The number of hydrogen-bond acceptors (Lipinski definition) is 2. The average Bonchev–Trinajstić information content (AvgIpc) is 2.86. The number of halogens is 4. The second-order valence-electron chi connectivity index (χ2n) is 9.56. The third-order valence-electron chi connectivity index (χ3n) is 6.98. The highest BCUT2D eigenvalue weighted by atomic mass is 32.1. The normalized spacial score (nSPS) is 14.4. The van der Waals surface area contributed by atoms with Gasteiger partial charge in [-0.2, -0.15) is 4.99 Å². The van der Waals surface area contributed by atoms with E-state index in [-0.39, 0.29) is 5.56 Å². The number of nitrogens with zero attached hydrogens (tertiary/aromatic N) is 1. The smallest absolute Gasteiger partial charge is 0.153 e. The SMILES string of the molecule is CCCCCC1CCc2c(cc(F)c(C#Cc3ccc(-c4cc(F)c(N=C=S)c(F)c4)c(C)c3)c2F)C1. The van der Waals surface area contributed by atoms with Crippen molar-refractivity contribution in [2.24, 2.45) is 10.9 Å². The molecule has 0 aromatic heterocycles. The van der Waals surface area contributed by atoms with Crippen LogP contribution in [0.4, 0.5) is 23.2 Å². The van der Waals surface area contributed by atoms with Crippen LogP contribution in [0.3, 0.4) is 0 Å². The first kappa shape index (κ1) is 26.8. The lowest BCUT2D eigenvalue weighted by molar-refractivity contribution is 0.399. The topological polar surface area (TPSA) is 12.4 Å². The molecule has 1 atom stereocenters. The summed E-state index contributed by atoms with van der Waals surface area (Å²) < 4.78 is 58.7. The van der Waals surface area contributed by atoms with Crippen LogP contribution in [0, 0.1) is 48.0 Å². The molecule has 0 saturated heterocycles. The quantitative estimate of drug-likeness (QED) is 0.104. The first-order valence-corrected chi connectivity index (χ1v) is 12.9. The maximum absolute atomic E-state index is 15.2. The molecule has 37 heavy (non-hydrogen) atoms. The maximum atomic E-state index is 15.2. The van der Waals surface area contributed by atoms with E-state index in [0.717, 1.165) is 31.2 Å². The molecule has 6 heteroatoms. The van der Waals surface area contributed by atoms with Crippen LogP contribution in [0.25, 0.3) is 11.1 Å². The van der Waals surface area contributed by atoms with Gasteiger partial charge in [-0.15, -0.1) is 0 Å². The monoisotopic (exact) mass is 521 g/mol. The number of aryl methyl sites for hydroxylation is 1. The molecule has 1 aliphatic rings. The van der Waals surface area contributed by atoms with Crippen LogP contribution in [-0.4, -0.2) is 5.16 Å². The molecule has 1 aliphatic carbocycles. The van der Waals surface area contributed by atoms with Crippen LogP contribution in [0.15, 0.2) is 41.4 Å². The molecule has 0 aliphatic heterocycles. The van der Waals surface area contributed by atoms with Gasteiger partial charge in [0.1, 0.15) is 17.3 Å². The molecule has 3 aromatic carbocycles. The summed E-state index contributed by atoms with van der Waals surface area (Å²) in [6, 6.07) is 8.85. The molecular weight excluding hydrogens is 494 g/mol. The van der Waals surface area contributed by atoms with Crippen molar-refractivity contribution < 1.29 is 17.6 Å². The van der Waals surface area contributed by atoms with Gasteiger partial charge in [0.05, 0.1) is 10.7 Å². The summed E-state index contributed by atoms with van der Waals surface area (Å²) in [5, 5.41) is 1.97. The van der Waals surface area contributed by atoms with Crippen molar-refractivity contribution in [1.82, 2.24) is 0 Å². The summed E-state index contributed by atoms with van der Waals surface area (Å²) in [6.45, 7) is 3.94. The predicted octanol–water partition coefficient (Wildman–Crippen LogP) is 9.04. The van der Waals surface area contributed by atoms with Crippen molar-refractivity contribution in [3.8, 4) is 23.0 Å². The molecule has 0 fully saturated rings. The van der Waals surface area contributed by atoms with Crippen LogP contribution in [0.5, 0.6) is 0 Å². The van der Waals surface area contributed by atoms with Crippen molar-refractivity contribution in [2.75, 3.05) is 0 Å². The number of fused-ring (bicyclic) bond motifs is 1. The molecule has 0 heterocycles. The fourth-order valence-corrected chi connectivity index (χ4v) is 5.13. The highest BCUT2D eigenvalue weighted by Gasteiger charge is 2.24. The zero-order valence-corrected chi connectivity index (χ0v) is 21.7. The van der Waals surface area contributed by atoms with Gasteiger partial charge in [0.25, 0.3) is 0 Å². The molecular formula is C31H27F4NS. The summed E-state index contributed by atoms with van der Waals surface area (Å²) in [5.74, 6) is 3.10. The van der Waals surface area contributed by atoms with E-state index < -0.39 is 29.0 Å². The number of thiocarbonyl (C=S) groups is 1. The molecule has 0 bridgehead atoms. The number of rotatable bonds is 6. The molecule has 3 aromatic rings. The lowest BCUT2D eigenvalue weighted by atomic mass is 9.80. The minimum Gasteiger partial charge on any atom is -0.206 e. The van der Waals surface area contributed by atoms with Gasteiger partial charge in [0.15, 0.2) is 11.6 Å². The highest BCUT2D eigenvalue weighted by Crippen LogP contribution is 2.33. The molecule has 0 spiro atoms. The number of hydrogen-bond donors (Lipinski definition) is 0. The maximum Gasteiger partial charge on any atom is 0.153 e. The van der Waals surface area contributed by atoms with Crippen LogP contribution >= 0.6 is 12.2 Å². The van der Waals surface area contributed by atoms with Crippen molar-refractivity contribution in [1.29, 1.82) is 0 Å². The summed E-state index contributed by atoms with van der Waals surface area (Å²) in [5.41, 5.74) is 2.80. The fourth-order valence-electron chi connectivity index (χ4n) is 5.04. The number of unbranched alkanes of at least 4 members (excludes halogenated alkanes) is 2. The van der Waals surface area contributed by atoms with E-state index in [4.69, 9.17) is 0 Å². The van der Waals surface area contributed by atoms with Crippen LogP contribution in [0.1, 0.15) is 66.8 Å². The summed E-state index contributed by atoms with van der Waals surface area (Å²) in [7, 11) is 0. The Balaban J connectivity index is 1.58. The van der Waals surface area contributed by atoms with Crippen LogP contribution in [0.2, 0.25) is 0 Å². The zero-order valence-electron chi connectivity index (χ0n) is 20.9. The Morgan fingerprint density at radius 2 is 1.73 bits per heavy atom. The van der Waals surface area contributed by atoms with E-state index >= 15 is 4.39 Å². The second-order valence-corrected chi connectivity index (χ2v) is 9.74. The molecule has 190 valence electrons. The standard InChI is InChI=1S/C31H27F4NS/c1-3-4-5-6-20-8-11-25-22(14-20)15-27(32)26(30(25)35)12-9-21-7-10-24(19(2)13-21)23-16-28(33)31(36-18-37)29(34)17-23/h7,10,13,15-17,20H,3-6,8,11,14H2,1-2H3. The molecule has 1 nitrogen and oxygen atoms in total. The fraction of sp³-hybridized carbons (Fsp3) is 0.323. The number of aliphatic imine (C=N–C) groups is 1. The molecule has 0 N–H and O–H groups in total. The van der Waals surface area contributed by atoms with Crippen LogP contribution < -0.4 is 0 Å². The first-order chi connectivity index (χ1) is 17.8. The second kappa shape index (κ2) is 11.9. The van der Waals surface area contributed by atoms with E-state index in [0.29, 0.717) is 46.6 Å². The van der Waals surface area contributed by atoms with E-state index in [1.165, 1.54) is 24.6 Å². The van der Waals surface area contributed by atoms with Crippen LogP contribution in [-0.2, 0) is 12.8 Å². The Kier molecular flexibility index (Phi) is 8.59. The zero-order chi connectivity index (χ0) is 26.5. The van der Waals surface area contributed by atoms with E-state index in [1.54, 1.807) is 25.1 Å². The summed E-state index contributed by atoms with van der Waals surface area (Å²) in [6.07, 6.45) is 6.81. The predicted molar refractivity (Wildman–Crippen MR) is 143 cm³/mol. The minimum absolute atomic E-state index is 0.219. The molecule has 1 unspecified atom stereocenters. The van der Waals surface area contributed by atoms with Crippen molar-refractivity contribution in [2.45, 2.75) is 58.8 Å².